The SMILES string of the molecule is CCCCCCCCCCCCC1(CCCCCCCCCCCC)c2cc3c(cc2-c2cc4c(cc21)-c1ccc(-c2ccc5c(c2)Cc2cc(C)ccc2-5)cc1C4=O)C(=O)c1cc(C)ccc1-3. The maximum Gasteiger partial charge on any atom is 0.194 e. The van der Waals surface area contributed by atoms with Gasteiger partial charge in [0.2, 0.25) is 0 Å². The number of unbranched alkanes of at least 4 members (excludes halogenated alkanes) is 18. The standard InChI is InChI=1S/C66H74O2/c1-5-7-9-11-13-15-17-19-21-23-33-66(34-24-22-20-18-16-14-12-10-8-6-2)62-42-54-52-30-26-45(4)36-58(52)64(67)60(54)40-56(62)57-41-61-55(43-63(57)66)53-32-28-47(39-59(53)65(61)68)46-27-31-51-49(37-46)38-48-35-44(3)25-29-50(48)51/h25-32,35-37,39-43H,5-24,33-34,38H2,1-4H3. The van der Waals surface area contributed by atoms with Crippen LogP contribution >= 0.6 is 0 Å². The fourth-order valence-corrected chi connectivity index (χ4v) is 12.9. The van der Waals surface area contributed by atoms with Crippen molar-refractivity contribution in [2.45, 2.75) is 181 Å². The van der Waals surface area contributed by atoms with Gasteiger partial charge >= 0.3 is 0 Å². The third-order valence-electron chi connectivity index (χ3n) is 16.7. The van der Waals surface area contributed by atoms with Gasteiger partial charge in [0.25, 0.3) is 0 Å². The van der Waals surface area contributed by atoms with Crippen molar-refractivity contribution in [2.75, 3.05) is 0 Å². The number of hydrogen-bond donors (Lipinski definition) is 0. The van der Waals surface area contributed by atoms with Gasteiger partial charge in [0.15, 0.2) is 11.6 Å². The van der Waals surface area contributed by atoms with Gasteiger partial charge in [0.05, 0.1) is 0 Å². The Kier molecular flexibility index (Phi) is 13.9. The summed E-state index contributed by atoms with van der Waals surface area (Å²) in [5.74, 6) is 0.250. The zero-order valence-corrected chi connectivity index (χ0v) is 41.8. The molecule has 0 heterocycles. The number of benzene rings is 6. The average Bonchev–Trinajstić information content (AvgIpc) is 4.02. The van der Waals surface area contributed by atoms with E-state index in [2.05, 4.69) is 125 Å². The molecule has 2 nitrogen and oxygen atoms in total. The summed E-state index contributed by atoms with van der Waals surface area (Å²) >= 11 is 0. The normalized spacial score (nSPS) is 14.1. The summed E-state index contributed by atoms with van der Waals surface area (Å²) in [7, 11) is 0. The second-order valence-electron chi connectivity index (χ2n) is 21.5. The minimum absolute atomic E-state index is 0.118. The molecule has 4 aliphatic rings. The van der Waals surface area contributed by atoms with Crippen molar-refractivity contribution < 1.29 is 9.59 Å². The fraction of sp³-hybridized carbons (Fsp3) is 0.424. The highest BCUT2D eigenvalue weighted by Crippen LogP contribution is 2.59. The van der Waals surface area contributed by atoms with E-state index in [1.807, 2.05) is 0 Å². The first kappa shape index (κ1) is 46.4. The van der Waals surface area contributed by atoms with Gasteiger partial charge in [0.1, 0.15) is 0 Å². The summed E-state index contributed by atoms with van der Waals surface area (Å²) in [4.78, 5) is 29.1. The fourth-order valence-electron chi connectivity index (χ4n) is 12.9. The molecule has 6 aromatic carbocycles. The van der Waals surface area contributed by atoms with Gasteiger partial charge in [-0.05, 0) is 147 Å². The molecule has 2 heteroatoms. The summed E-state index contributed by atoms with van der Waals surface area (Å²) in [6.07, 6.45) is 29.5. The highest BCUT2D eigenvalue weighted by molar-refractivity contribution is 6.24. The molecular weight excluding hydrogens is 825 g/mol. The number of carbonyl (C=O) groups excluding carboxylic acids is 2. The Hall–Kier alpha value is -5.34. The van der Waals surface area contributed by atoms with Crippen LogP contribution in [0.1, 0.15) is 220 Å². The lowest BCUT2D eigenvalue weighted by molar-refractivity contribution is 0.103. The lowest BCUT2D eigenvalue weighted by atomic mass is 9.69. The monoisotopic (exact) mass is 899 g/mol. The molecule has 0 bridgehead atoms. The zero-order chi connectivity index (χ0) is 46.8. The summed E-state index contributed by atoms with van der Waals surface area (Å²) < 4.78 is 0. The molecule has 0 aliphatic heterocycles. The van der Waals surface area contributed by atoms with Gasteiger partial charge in [-0.1, -0.05) is 214 Å². The van der Waals surface area contributed by atoms with Crippen LogP contribution in [0.5, 0.6) is 0 Å². The molecule has 10 rings (SSSR count). The Labute approximate surface area is 408 Å². The van der Waals surface area contributed by atoms with E-state index in [1.165, 1.54) is 178 Å². The van der Waals surface area contributed by atoms with Crippen molar-refractivity contribution in [3.8, 4) is 55.6 Å². The molecule has 0 aromatic heterocycles. The summed E-state index contributed by atoms with van der Waals surface area (Å²) in [6, 6.07) is 36.1. The Morgan fingerprint density at radius 1 is 0.338 bits per heavy atom. The third kappa shape index (κ3) is 8.80. The number of carbonyl (C=O) groups is 2. The van der Waals surface area contributed by atoms with Crippen molar-refractivity contribution in [3.63, 3.8) is 0 Å². The molecule has 350 valence electrons. The van der Waals surface area contributed by atoms with E-state index in [1.54, 1.807) is 0 Å². The van der Waals surface area contributed by atoms with Gasteiger partial charge in [-0.15, -0.1) is 0 Å². The van der Waals surface area contributed by atoms with E-state index in [9.17, 15) is 9.59 Å². The van der Waals surface area contributed by atoms with Crippen LogP contribution in [0.3, 0.4) is 0 Å². The molecule has 0 radical (unpaired) electrons. The molecular formula is C66H74O2. The molecule has 4 aliphatic carbocycles. The van der Waals surface area contributed by atoms with Gasteiger partial charge in [-0.25, -0.2) is 0 Å². The molecule has 0 saturated carbocycles. The van der Waals surface area contributed by atoms with Crippen LogP contribution in [-0.4, -0.2) is 11.6 Å². The maximum absolute atomic E-state index is 14.8. The summed E-state index contributed by atoms with van der Waals surface area (Å²) in [5.41, 5.74) is 22.6. The second-order valence-corrected chi connectivity index (χ2v) is 21.5. The molecule has 0 fully saturated rings. The van der Waals surface area contributed by atoms with Crippen LogP contribution in [0.2, 0.25) is 0 Å². The first-order chi connectivity index (χ1) is 33.3. The minimum Gasteiger partial charge on any atom is -0.289 e. The lowest BCUT2D eigenvalue weighted by Gasteiger charge is -2.33. The number of hydrogen-bond acceptors (Lipinski definition) is 2. The first-order valence-electron chi connectivity index (χ1n) is 27.2. The van der Waals surface area contributed by atoms with Crippen molar-refractivity contribution in [1.29, 1.82) is 0 Å². The predicted molar refractivity (Wildman–Crippen MR) is 286 cm³/mol. The maximum atomic E-state index is 14.8. The van der Waals surface area contributed by atoms with E-state index in [-0.39, 0.29) is 17.0 Å². The minimum atomic E-state index is -0.183. The molecule has 0 amide bonds. The van der Waals surface area contributed by atoms with Crippen LogP contribution in [0, 0.1) is 13.8 Å². The zero-order valence-electron chi connectivity index (χ0n) is 41.8. The van der Waals surface area contributed by atoms with Gasteiger partial charge in [-0.2, -0.15) is 0 Å². The van der Waals surface area contributed by atoms with E-state index < -0.39 is 0 Å². The number of ketones is 2. The average molecular weight is 899 g/mol. The molecule has 0 saturated heterocycles. The quantitative estimate of drug-likeness (QED) is 0.0600. The largest absolute Gasteiger partial charge is 0.289 e. The van der Waals surface area contributed by atoms with Crippen LogP contribution in [0.15, 0.2) is 97.1 Å². The van der Waals surface area contributed by atoms with E-state index in [0.717, 1.165) is 80.5 Å². The van der Waals surface area contributed by atoms with Crippen molar-refractivity contribution in [3.05, 3.63) is 153 Å². The Morgan fingerprint density at radius 3 is 1.24 bits per heavy atom. The van der Waals surface area contributed by atoms with Crippen LogP contribution in [0.4, 0.5) is 0 Å². The molecule has 0 N–H and O–H groups in total. The van der Waals surface area contributed by atoms with Crippen LogP contribution in [-0.2, 0) is 11.8 Å². The number of fused-ring (bicyclic) bond motifs is 12. The van der Waals surface area contributed by atoms with Gasteiger partial charge in [-0.3, -0.25) is 9.59 Å². The highest BCUT2D eigenvalue weighted by Gasteiger charge is 2.46. The predicted octanol–water partition coefficient (Wildman–Crippen LogP) is 18.9. The van der Waals surface area contributed by atoms with E-state index in [0.29, 0.717) is 0 Å². The van der Waals surface area contributed by atoms with E-state index in [4.69, 9.17) is 0 Å². The van der Waals surface area contributed by atoms with Crippen molar-refractivity contribution in [1.82, 2.24) is 0 Å². The highest BCUT2D eigenvalue weighted by atomic mass is 16.1. The van der Waals surface area contributed by atoms with Gasteiger partial charge < -0.3 is 0 Å². The van der Waals surface area contributed by atoms with Crippen LogP contribution in [0.25, 0.3) is 55.6 Å². The Morgan fingerprint density at radius 2 is 0.721 bits per heavy atom. The topological polar surface area (TPSA) is 34.1 Å². The second kappa shape index (κ2) is 20.3. The number of rotatable bonds is 23. The van der Waals surface area contributed by atoms with E-state index >= 15 is 0 Å². The molecule has 0 spiro atoms. The van der Waals surface area contributed by atoms with Crippen molar-refractivity contribution in [2.24, 2.45) is 0 Å². The molecule has 6 aromatic rings. The Bertz CT molecular complexity index is 2840. The molecule has 68 heavy (non-hydrogen) atoms. The number of aryl methyl sites for hydroxylation is 2. The third-order valence-corrected chi connectivity index (χ3v) is 16.7. The summed E-state index contributed by atoms with van der Waals surface area (Å²) in [5, 5.41) is 0. The van der Waals surface area contributed by atoms with Gasteiger partial charge in [0, 0.05) is 27.7 Å². The Balaban J connectivity index is 0.989. The molecule has 0 atom stereocenters. The first-order valence-corrected chi connectivity index (χ1v) is 27.2. The van der Waals surface area contributed by atoms with Crippen molar-refractivity contribution >= 4 is 11.6 Å². The van der Waals surface area contributed by atoms with Crippen LogP contribution < -0.4 is 0 Å². The molecule has 0 unspecified atom stereocenters. The smallest absolute Gasteiger partial charge is 0.194 e. The lowest BCUT2D eigenvalue weighted by Crippen LogP contribution is -2.26. The summed E-state index contributed by atoms with van der Waals surface area (Å²) in [6.45, 7) is 8.86.